The van der Waals surface area contributed by atoms with Crippen LogP contribution in [0.3, 0.4) is 0 Å². The first kappa shape index (κ1) is 17.8. The van der Waals surface area contributed by atoms with Gasteiger partial charge in [0.1, 0.15) is 0 Å². The summed E-state index contributed by atoms with van der Waals surface area (Å²) >= 11 is 0. The van der Waals surface area contributed by atoms with Gasteiger partial charge in [0.25, 0.3) is 5.89 Å². The number of aromatic nitrogens is 3. The Kier molecular flexibility index (Phi) is 5.00. The van der Waals surface area contributed by atoms with Crippen molar-refractivity contribution in [3.8, 4) is 11.5 Å². The second kappa shape index (κ2) is 7.58. The molecule has 0 spiro atoms. The van der Waals surface area contributed by atoms with Gasteiger partial charge >= 0.3 is 0 Å². The number of rotatable bonds is 6. The molecule has 27 heavy (non-hydrogen) atoms. The second-order valence-electron chi connectivity index (χ2n) is 6.52. The van der Waals surface area contributed by atoms with E-state index in [0.29, 0.717) is 36.0 Å². The maximum atomic E-state index is 12.9. The van der Waals surface area contributed by atoms with Crippen LogP contribution in [0.5, 0.6) is 0 Å². The molecule has 1 atom stereocenters. The summed E-state index contributed by atoms with van der Waals surface area (Å²) in [4.78, 5) is 8.73. The highest BCUT2D eigenvalue weighted by Gasteiger charge is 2.35. The maximum absolute atomic E-state index is 12.9. The third kappa shape index (κ3) is 3.77. The van der Waals surface area contributed by atoms with Crippen LogP contribution in [0.15, 0.2) is 64.3 Å². The highest BCUT2D eigenvalue weighted by Crippen LogP contribution is 2.28. The number of benzene rings is 1. The van der Waals surface area contributed by atoms with Crippen molar-refractivity contribution in [3.05, 3.63) is 60.7 Å². The quantitative estimate of drug-likeness (QED) is 0.649. The lowest BCUT2D eigenvalue weighted by Gasteiger charge is -2.23. The molecular weight excluding hydrogens is 364 g/mol. The molecule has 0 bridgehead atoms. The summed E-state index contributed by atoms with van der Waals surface area (Å²) in [5, 5.41) is 4.02. The van der Waals surface area contributed by atoms with Gasteiger partial charge < -0.3 is 4.52 Å². The van der Waals surface area contributed by atoms with E-state index in [2.05, 4.69) is 15.1 Å². The Morgan fingerprint density at radius 1 is 1.11 bits per heavy atom. The first-order valence-electron chi connectivity index (χ1n) is 8.94. The zero-order valence-corrected chi connectivity index (χ0v) is 15.5. The van der Waals surface area contributed by atoms with Crippen LogP contribution in [-0.2, 0) is 16.4 Å². The molecule has 1 saturated heterocycles. The molecule has 1 aliphatic rings. The number of sulfonamides is 1. The lowest BCUT2D eigenvalue weighted by Crippen LogP contribution is -2.35. The van der Waals surface area contributed by atoms with Crippen LogP contribution in [0, 0.1) is 0 Å². The normalized spacial score (nSPS) is 18.0. The fourth-order valence-corrected chi connectivity index (χ4v) is 5.15. The molecule has 1 aromatic carbocycles. The van der Waals surface area contributed by atoms with Gasteiger partial charge in [-0.15, -0.1) is 0 Å². The average molecular weight is 384 g/mol. The molecule has 140 valence electrons. The van der Waals surface area contributed by atoms with E-state index >= 15 is 0 Å². The number of pyridine rings is 1. The van der Waals surface area contributed by atoms with E-state index in [1.54, 1.807) is 41.0 Å². The number of hydrogen-bond donors (Lipinski definition) is 0. The lowest BCUT2D eigenvalue weighted by atomic mass is 10.1. The van der Waals surface area contributed by atoms with Crippen molar-refractivity contribution in [1.29, 1.82) is 0 Å². The Balaban J connectivity index is 1.45. The largest absolute Gasteiger partial charge is 0.334 e. The predicted octanol–water partition coefficient (Wildman–Crippen LogP) is 2.92. The molecule has 1 fully saturated rings. The highest BCUT2D eigenvalue weighted by atomic mass is 32.2. The molecule has 4 rings (SSSR count). The van der Waals surface area contributed by atoms with Gasteiger partial charge in [-0.05, 0) is 43.5 Å². The molecule has 0 N–H and O–H groups in total. The van der Waals surface area contributed by atoms with Gasteiger partial charge in [-0.3, -0.25) is 4.98 Å². The minimum absolute atomic E-state index is 0.0434. The standard InChI is InChI=1S/C19H20N4O3S/c24-27(25,17-6-2-1-3-7-17)23-14-4-5-16(23)8-9-18-21-19(26-22-18)15-10-12-20-13-11-15/h1-3,6-7,10-13,16H,4-5,8-9,14H2. The molecule has 1 aliphatic heterocycles. The Hall–Kier alpha value is -2.58. The van der Waals surface area contributed by atoms with Crippen LogP contribution in [0.1, 0.15) is 25.1 Å². The highest BCUT2D eigenvalue weighted by molar-refractivity contribution is 7.89. The third-order valence-electron chi connectivity index (χ3n) is 4.77. The van der Waals surface area contributed by atoms with E-state index in [4.69, 9.17) is 4.52 Å². The summed E-state index contributed by atoms with van der Waals surface area (Å²) in [6, 6.07) is 12.2. The molecule has 7 nitrogen and oxygen atoms in total. The summed E-state index contributed by atoms with van der Waals surface area (Å²) in [6.07, 6.45) is 6.29. The van der Waals surface area contributed by atoms with Crippen LogP contribution in [0.2, 0.25) is 0 Å². The van der Waals surface area contributed by atoms with Gasteiger partial charge in [-0.25, -0.2) is 8.42 Å². The van der Waals surface area contributed by atoms with E-state index in [1.807, 2.05) is 18.2 Å². The van der Waals surface area contributed by atoms with Crippen LogP contribution < -0.4 is 0 Å². The Bertz CT molecular complexity index is 990. The van der Waals surface area contributed by atoms with Crippen molar-refractivity contribution in [1.82, 2.24) is 19.4 Å². The van der Waals surface area contributed by atoms with Crippen molar-refractivity contribution in [2.75, 3.05) is 6.54 Å². The topological polar surface area (TPSA) is 89.2 Å². The molecule has 0 amide bonds. The van der Waals surface area contributed by atoms with E-state index in [9.17, 15) is 8.42 Å². The molecule has 0 aliphatic carbocycles. The summed E-state index contributed by atoms with van der Waals surface area (Å²) in [5.41, 5.74) is 0.817. The molecule has 3 heterocycles. The summed E-state index contributed by atoms with van der Waals surface area (Å²) < 4.78 is 32.8. The molecule has 8 heteroatoms. The van der Waals surface area contributed by atoms with Crippen molar-refractivity contribution < 1.29 is 12.9 Å². The first-order chi connectivity index (χ1) is 13.1. The summed E-state index contributed by atoms with van der Waals surface area (Å²) in [6.45, 7) is 0.552. The van der Waals surface area contributed by atoms with Gasteiger partial charge in [0, 0.05) is 37.0 Å². The molecule has 3 aromatic rings. The van der Waals surface area contributed by atoms with Crippen molar-refractivity contribution in [3.63, 3.8) is 0 Å². The first-order valence-corrected chi connectivity index (χ1v) is 10.4. The molecule has 2 aromatic heterocycles. The molecular formula is C19H20N4O3S. The van der Waals surface area contributed by atoms with E-state index in [0.717, 1.165) is 18.4 Å². The minimum atomic E-state index is -3.47. The van der Waals surface area contributed by atoms with Crippen molar-refractivity contribution in [2.45, 2.75) is 36.6 Å². The van der Waals surface area contributed by atoms with Crippen LogP contribution in [-0.4, -0.2) is 40.4 Å². The Labute approximate surface area is 158 Å². The van der Waals surface area contributed by atoms with E-state index < -0.39 is 10.0 Å². The SMILES string of the molecule is O=S(=O)(c1ccccc1)N1CCCC1CCc1noc(-c2ccncc2)n1. The lowest BCUT2D eigenvalue weighted by molar-refractivity contribution is 0.364. The van der Waals surface area contributed by atoms with Gasteiger partial charge in [0.05, 0.1) is 4.90 Å². The average Bonchev–Trinajstić information content (AvgIpc) is 3.37. The third-order valence-corrected chi connectivity index (χ3v) is 6.74. The predicted molar refractivity (Wildman–Crippen MR) is 99.2 cm³/mol. The van der Waals surface area contributed by atoms with Gasteiger partial charge in [0.15, 0.2) is 5.82 Å². The zero-order chi connectivity index (χ0) is 18.7. The van der Waals surface area contributed by atoms with E-state index in [1.165, 1.54) is 0 Å². The zero-order valence-electron chi connectivity index (χ0n) is 14.7. The van der Waals surface area contributed by atoms with Crippen LogP contribution >= 0.6 is 0 Å². The monoisotopic (exact) mass is 384 g/mol. The smallest absolute Gasteiger partial charge is 0.258 e. The van der Waals surface area contributed by atoms with Crippen LogP contribution in [0.4, 0.5) is 0 Å². The molecule has 0 saturated carbocycles. The Morgan fingerprint density at radius 3 is 2.67 bits per heavy atom. The van der Waals surface area contributed by atoms with Crippen molar-refractivity contribution in [2.24, 2.45) is 0 Å². The fourth-order valence-electron chi connectivity index (χ4n) is 3.40. The number of nitrogens with zero attached hydrogens (tertiary/aromatic N) is 4. The van der Waals surface area contributed by atoms with Crippen LogP contribution in [0.25, 0.3) is 11.5 Å². The number of hydrogen-bond acceptors (Lipinski definition) is 6. The van der Waals surface area contributed by atoms with Gasteiger partial charge in [0.2, 0.25) is 10.0 Å². The van der Waals surface area contributed by atoms with Crippen molar-refractivity contribution >= 4 is 10.0 Å². The van der Waals surface area contributed by atoms with Gasteiger partial charge in [-0.2, -0.15) is 9.29 Å². The summed E-state index contributed by atoms with van der Waals surface area (Å²) in [5.74, 6) is 1.04. The fraction of sp³-hybridized carbons (Fsp3) is 0.316. The molecule has 0 radical (unpaired) electrons. The number of aryl methyl sites for hydroxylation is 1. The maximum Gasteiger partial charge on any atom is 0.258 e. The molecule has 1 unspecified atom stereocenters. The van der Waals surface area contributed by atoms with E-state index in [-0.39, 0.29) is 6.04 Å². The Morgan fingerprint density at radius 2 is 1.89 bits per heavy atom. The van der Waals surface area contributed by atoms with Gasteiger partial charge in [-0.1, -0.05) is 23.4 Å². The summed E-state index contributed by atoms with van der Waals surface area (Å²) in [7, 11) is -3.47. The second-order valence-corrected chi connectivity index (χ2v) is 8.41. The minimum Gasteiger partial charge on any atom is -0.334 e.